The fourth-order valence-corrected chi connectivity index (χ4v) is 1.61. The Balaban J connectivity index is 1.83. The van der Waals surface area contributed by atoms with E-state index >= 15 is 0 Å². The van der Waals surface area contributed by atoms with Crippen LogP contribution in [-0.4, -0.2) is 27.9 Å². The molecule has 0 fully saturated rings. The van der Waals surface area contributed by atoms with Gasteiger partial charge in [-0.1, -0.05) is 18.2 Å². The highest BCUT2D eigenvalue weighted by atomic mass is 16.5. The van der Waals surface area contributed by atoms with Gasteiger partial charge in [0.05, 0.1) is 12.3 Å². The van der Waals surface area contributed by atoms with E-state index in [1.54, 1.807) is 11.0 Å². The van der Waals surface area contributed by atoms with Crippen molar-refractivity contribution in [2.24, 2.45) is 5.73 Å². The molecule has 5 heteroatoms. The van der Waals surface area contributed by atoms with Crippen LogP contribution in [0.15, 0.2) is 36.7 Å². The van der Waals surface area contributed by atoms with Crippen molar-refractivity contribution in [3.05, 3.63) is 36.7 Å². The Kier molecular flexibility index (Phi) is 4.72. The van der Waals surface area contributed by atoms with Gasteiger partial charge in [0.1, 0.15) is 6.33 Å². The molecule has 2 rings (SSSR count). The van der Waals surface area contributed by atoms with E-state index in [-0.39, 0.29) is 0 Å². The van der Waals surface area contributed by atoms with Crippen LogP contribution in [0.25, 0.3) is 5.69 Å². The normalized spacial score (nSPS) is 10.5. The second-order valence-corrected chi connectivity index (χ2v) is 4.01. The fraction of sp³-hybridized carbons (Fsp3) is 0.385. The van der Waals surface area contributed by atoms with E-state index in [1.165, 1.54) is 0 Å². The van der Waals surface area contributed by atoms with Crippen molar-refractivity contribution in [2.75, 3.05) is 13.2 Å². The van der Waals surface area contributed by atoms with Crippen LogP contribution in [-0.2, 0) is 0 Å². The number of benzene rings is 1. The smallest absolute Gasteiger partial charge is 0.335 e. The number of unbranched alkanes of at least 4 members (excludes halogenated alkanes) is 2. The van der Waals surface area contributed by atoms with Crippen molar-refractivity contribution in [1.82, 2.24) is 14.8 Å². The van der Waals surface area contributed by atoms with Crippen LogP contribution in [0.1, 0.15) is 19.3 Å². The van der Waals surface area contributed by atoms with Gasteiger partial charge in [-0.15, -0.1) is 5.10 Å². The molecule has 1 heterocycles. The Morgan fingerprint density at radius 1 is 1.11 bits per heavy atom. The van der Waals surface area contributed by atoms with E-state index in [4.69, 9.17) is 10.5 Å². The molecule has 0 unspecified atom stereocenters. The summed E-state index contributed by atoms with van der Waals surface area (Å²) < 4.78 is 7.17. The maximum absolute atomic E-state index is 5.47. The van der Waals surface area contributed by atoms with Gasteiger partial charge in [0.25, 0.3) is 0 Å². The third-order valence-corrected chi connectivity index (χ3v) is 2.57. The van der Waals surface area contributed by atoms with E-state index in [0.29, 0.717) is 12.6 Å². The third-order valence-electron chi connectivity index (χ3n) is 2.57. The number of ether oxygens (including phenoxy) is 1. The van der Waals surface area contributed by atoms with Crippen LogP contribution < -0.4 is 10.5 Å². The zero-order chi connectivity index (χ0) is 12.6. The lowest BCUT2D eigenvalue weighted by molar-refractivity contribution is 0.282. The number of hydrogen-bond donors (Lipinski definition) is 1. The largest absolute Gasteiger partial charge is 0.462 e. The molecule has 0 spiro atoms. The summed E-state index contributed by atoms with van der Waals surface area (Å²) in [5.41, 5.74) is 6.40. The standard InChI is InChI=1S/C13H18N4O/c14-9-5-2-6-10-18-13-15-11-17(16-13)12-7-3-1-4-8-12/h1,3-4,7-8,11H,2,5-6,9-10,14H2. The topological polar surface area (TPSA) is 66.0 Å². The molecule has 0 aliphatic carbocycles. The predicted molar refractivity (Wildman–Crippen MR) is 69.8 cm³/mol. The molecule has 0 aliphatic rings. The maximum Gasteiger partial charge on any atom is 0.335 e. The molecule has 0 bridgehead atoms. The Bertz CT molecular complexity index is 455. The van der Waals surface area contributed by atoms with Crippen molar-refractivity contribution >= 4 is 0 Å². The molecule has 0 saturated carbocycles. The summed E-state index contributed by atoms with van der Waals surface area (Å²) >= 11 is 0. The summed E-state index contributed by atoms with van der Waals surface area (Å²) in [5.74, 6) is 0. The first-order valence-electron chi connectivity index (χ1n) is 6.20. The van der Waals surface area contributed by atoms with Crippen LogP contribution in [0.2, 0.25) is 0 Å². The van der Waals surface area contributed by atoms with Crippen molar-refractivity contribution in [3.8, 4) is 11.7 Å². The number of hydrogen-bond acceptors (Lipinski definition) is 4. The molecular weight excluding hydrogens is 228 g/mol. The van der Waals surface area contributed by atoms with E-state index in [9.17, 15) is 0 Å². The van der Waals surface area contributed by atoms with Gasteiger partial charge in [-0.25, -0.2) is 4.68 Å². The predicted octanol–water partition coefficient (Wildman–Crippen LogP) is 1.78. The quantitative estimate of drug-likeness (QED) is 0.756. The number of nitrogens with two attached hydrogens (primary N) is 1. The molecule has 1 aromatic heterocycles. The monoisotopic (exact) mass is 246 g/mol. The summed E-state index contributed by atoms with van der Waals surface area (Å²) in [6, 6.07) is 10.3. The van der Waals surface area contributed by atoms with E-state index in [2.05, 4.69) is 10.1 Å². The number of aromatic nitrogens is 3. The van der Waals surface area contributed by atoms with Gasteiger partial charge in [0.15, 0.2) is 0 Å². The molecule has 0 aliphatic heterocycles. The SMILES string of the molecule is NCCCCCOc1ncn(-c2ccccc2)n1. The minimum absolute atomic E-state index is 0.423. The number of rotatable bonds is 7. The molecule has 1 aromatic carbocycles. The lowest BCUT2D eigenvalue weighted by Gasteiger charge is -2.01. The van der Waals surface area contributed by atoms with Crippen molar-refractivity contribution in [1.29, 1.82) is 0 Å². The van der Waals surface area contributed by atoms with Gasteiger partial charge in [0.2, 0.25) is 0 Å². The summed E-state index contributed by atoms with van der Waals surface area (Å²) in [6.45, 7) is 1.37. The lowest BCUT2D eigenvalue weighted by atomic mass is 10.2. The van der Waals surface area contributed by atoms with Crippen molar-refractivity contribution in [2.45, 2.75) is 19.3 Å². The Labute approximate surface area is 107 Å². The van der Waals surface area contributed by atoms with Crippen LogP contribution in [0.4, 0.5) is 0 Å². The summed E-state index contributed by atoms with van der Waals surface area (Å²) in [7, 11) is 0. The first-order valence-corrected chi connectivity index (χ1v) is 6.20. The van der Waals surface area contributed by atoms with Crippen LogP contribution in [0, 0.1) is 0 Å². The first-order chi connectivity index (χ1) is 8.90. The van der Waals surface area contributed by atoms with Gasteiger partial charge >= 0.3 is 6.01 Å². The fourth-order valence-electron chi connectivity index (χ4n) is 1.61. The molecule has 0 atom stereocenters. The average Bonchev–Trinajstić information content (AvgIpc) is 2.88. The molecule has 0 radical (unpaired) electrons. The van der Waals surface area contributed by atoms with Gasteiger partial charge in [-0.2, -0.15) is 4.98 Å². The molecule has 96 valence electrons. The average molecular weight is 246 g/mol. The minimum Gasteiger partial charge on any atom is -0.462 e. The molecule has 2 aromatic rings. The number of nitrogens with zero attached hydrogens (tertiary/aromatic N) is 3. The lowest BCUT2D eigenvalue weighted by Crippen LogP contribution is -2.02. The van der Waals surface area contributed by atoms with Gasteiger partial charge in [-0.05, 0) is 37.9 Å². The minimum atomic E-state index is 0.423. The maximum atomic E-state index is 5.47. The van der Waals surface area contributed by atoms with Crippen LogP contribution in [0.3, 0.4) is 0 Å². The zero-order valence-corrected chi connectivity index (χ0v) is 10.3. The summed E-state index contributed by atoms with van der Waals surface area (Å²) in [4.78, 5) is 4.12. The van der Waals surface area contributed by atoms with E-state index in [1.807, 2.05) is 30.3 Å². The van der Waals surface area contributed by atoms with Crippen molar-refractivity contribution < 1.29 is 4.74 Å². The van der Waals surface area contributed by atoms with E-state index in [0.717, 1.165) is 31.5 Å². The van der Waals surface area contributed by atoms with Crippen LogP contribution >= 0.6 is 0 Å². The molecule has 2 N–H and O–H groups in total. The molecule has 0 saturated heterocycles. The highest BCUT2D eigenvalue weighted by Gasteiger charge is 2.02. The van der Waals surface area contributed by atoms with Crippen LogP contribution in [0.5, 0.6) is 6.01 Å². The highest BCUT2D eigenvalue weighted by Crippen LogP contribution is 2.08. The first kappa shape index (κ1) is 12.6. The zero-order valence-electron chi connectivity index (χ0n) is 10.3. The Morgan fingerprint density at radius 3 is 2.72 bits per heavy atom. The summed E-state index contributed by atoms with van der Waals surface area (Å²) in [5, 5.41) is 4.26. The Hall–Kier alpha value is -1.88. The molecule has 18 heavy (non-hydrogen) atoms. The van der Waals surface area contributed by atoms with Gasteiger partial charge in [-0.3, -0.25) is 0 Å². The second kappa shape index (κ2) is 6.76. The summed E-state index contributed by atoms with van der Waals surface area (Å²) in [6.07, 6.45) is 4.76. The highest BCUT2D eigenvalue weighted by molar-refractivity contribution is 5.29. The molecule has 0 amide bonds. The number of para-hydroxylation sites is 1. The molecular formula is C13H18N4O. The molecule has 5 nitrogen and oxygen atoms in total. The third kappa shape index (κ3) is 3.56. The Morgan fingerprint density at radius 2 is 1.94 bits per heavy atom. The van der Waals surface area contributed by atoms with Gasteiger partial charge in [0, 0.05) is 0 Å². The van der Waals surface area contributed by atoms with Crippen molar-refractivity contribution in [3.63, 3.8) is 0 Å². The van der Waals surface area contributed by atoms with Gasteiger partial charge < -0.3 is 10.5 Å². The second-order valence-electron chi connectivity index (χ2n) is 4.01. The van der Waals surface area contributed by atoms with E-state index < -0.39 is 0 Å².